The van der Waals surface area contributed by atoms with Crippen molar-refractivity contribution in [1.82, 2.24) is 15.1 Å². The molecule has 0 saturated carbocycles. The molecule has 0 spiro atoms. The minimum absolute atomic E-state index is 0.0426. The number of carbonyl (C=O) groups excluding carboxylic acids is 1. The van der Waals surface area contributed by atoms with Gasteiger partial charge in [0.2, 0.25) is 0 Å². The van der Waals surface area contributed by atoms with E-state index in [1.54, 1.807) is 10.9 Å². The van der Waals surface area contributed by atoms with Crippen LogP contribution in [0.15, 0.2) is 73.1 Å². The minimum atomic E-state index is -0.245. The molecule has 3 aromatic rings. The van der Waals surface area contributed by atoms with Crippen LogP contribution in [0.2, 0.25) is 0 Å². The first-order chi connectivity index (χ1) is 13.2. The number of urea groups is 1. The molecule has 0 aliphatic rings. The third kappa shape index (κ3) is 5.43. The Morgan fingerprint density at radius 2 is 1.89 bits per heavy atom. The van der Waals surface area contributed by atoms with Gasteiger partial charge in [-0.15, -0.1) is 0 Å². The van der Waals surface area contributed by atoms with Crippen LogP contribution in [0.1, 0.15) is 25.0 Å². The van der Waals surface area contributed by atoms with E-state index in [9.17, 15) is 4.79 Å². The highest BCUT2D eigenvalue weighted by Gasteiger charge is 2.08. The van der Waals surface area contributed by atoms with E-state index in [-0.39, 0.29) is 12.1 Å². The van der Waals surface area contributed by atoms with Gasteiger partial charge in [-0.3, -0.25) is 0 Å². The summed E-state index contributed by atoms with van der Waals surface area (Å²) in [5.41, 5.74) is 2.67. The summed E-state index contributed by atoms with van der Waals surface area (Å²) in [7, 11) is 0. The van der Waals surface area contributed by atoms with Gasteiger partial charge in [0.05, 0.1) is 17.5 Å². The first-order valence-electron chi connectivity index (χ1n) is 9.04. The molecule has 2 N–H and O–H groups in total. The molecule has 0 radical (unpaired) electrons. The molecule has 27 heavy (non-hydrogen) atoms. The predicted molar refractivity (Wildman–Crippen MR) is 106 cm³/mol. The van der Waals surface area contributed by atoms with Crippen LogP contribution in [0, 0.1) is 0 Å². The highest BCUT2D eigenvalue weighted by molar-refractivity contribution is 5.91. The van der Waals surface area contributed by atoms with E-state index in [0.29, 0.717) is 18.8 Å². The van der Waals surface area contributed by atoms with Gasteiger partial charge in [0.15, 0.2) is 0 Å². The molecule has 2 aromatic carbocycles. The normalized spacial score (nSPS) is 11.7. The van der Waals surface area contributed by atoms with Crippen molar-refractivity contribution in [2.24, 2.45) is 0 Å². The molecule has 0 bridgehead atoms. The molecule has 0 aliphatic carbocycles. The van der Waals surface area contributed by atoms with Crippen LogP contribution in [-0.4, -0.2) is 29.0 Å². The summed E-state index contributed by atoms with van der Waals surface area (Å²) < 4.78 is 7.53. The molecular weight excluding hydrogens is 340 g/mol. The van der Waals surface area contributed by atoms with E-state index >= 15 is 0 Å². The van der Waals surface area contributed by atoms with E-state index in [1.807, 2.05) is 73.8 Å². The summed E-state index contributed by atoms with van der Waals surface area (Å²) in [6, 6.07) is 19.2. The molecule has 1 heterocycles. The number of ether oxygens (including phenoxy) is 1. The van der Waals surface area contributed by atoms with Gasteiger partial charge in [0, 0.05) is 25.5 Å². The molecule has 140 valence electrons. The van der Waals surface area contributed by atoms with Gasteiger partial charge >= 0.3 is 6.03 Å². The molecule has 3 rings (SSSR count). The van der Waals surface area contributed by atoms with Crippen molar-refractivity contribution < 1.29 is 9.53 Å². The number of aromatic nitrogens is 2. The Morgan fingerprint density at radius 1 is 1.11 bits per heavy atom. The zero-order valence-corrected chi connectivity index (χ0v) is 15.3. The Balaban J connectivity index is 1.41. The number of rotatable bonds is 8. The fraction of sp³-hybridized carbons (Fsp3) is 0.238. The van der Waals surface area contributed by atoms with Crippen LogP contribution in [0.3, 0.4) is 0 Å². The van der Waals surface area contributed by atoms with E-state index < -0.39 is 0 Å². The predicted octanol–water partition coefficient (Wildman–Crippen LogP) is 4.16. The number of amides is 2. The second-order valence-electron chi connectivity index (χ2n) is 6.13. The van der Waals surface area contributed by atoms with Crippen molar-refractivity contribution >= 4 is 11.7 Å². The summed E-state index contributed by atoms with van der Waals surface area (Å²) in [6.07, 6.45) is 4.32. The van der Waals surface area contributed by atoms with Crippen LogP contribution in [0.25, 0.3) is 5.69 Å². The Hall–Kier alpha value is -3.12. The lowest BCUT2D eigenvalue weighted by atomic mass is 10.1. The number of nitrogens with zero attached hydrogens (tertiary/aromatic N) is 2. The molecule has 2 amide bonds. The number of nitrogens with one attached hydrogen (secondary N) is 2. The van der Waals surface area contributed by atoms with Gasteiger partial charge in [-0.1, -0.05) is 42.5 Å². The van der Waals surface area contributed by atoms with Gasteiger partial charge in [0.25, 0.3) is 0 Å². The van der Waals surface area contributed by atoms with Crippen LogP contribution in [-0.2, 0) is 4.74 Å². The first kappa shape index (κ1) is 18.7. The van der Waals surface area contributed by atoms with Crippen molar-refractivity contribution in [3.63, 3.8) is 0 Å². The van der Waals surface area contributed by atoms with Crippen molar-refractivity contribution in [1.29, 1.82) is 0 Å². The van der Waals surface area contributed by atoms with Crippen molar-refractivity contribution in [3.05, 3.63) is 78.6 Å². The third-order valence-electron chi connectivity index (χ3n) is 4.15. The average Bonchev–Trinajstić information content (AvgIpc) is 3.23. The zero-order valence-electron chi connectivity index (χ0n) is 15.3. The molecular formula is C21H24N4O2. The molecule has 0 fully saturated rings. The number of benzene rings is 2. The van der Waals surface area contributed by atoms with Crippen LogP contribution in [0.5, 0.6) is 0 Å². The smallest absolute Gasteiger partial charge is 0.319 e. The number of carbonyl (C=O) groups is 1. The maximum Gasteiger partial charge on any atom is 0.319 e. The maximum atomic E-state index is 12.2. The molecule has 0 aliphatic heterocycles. The van der Waals surface area contributed by atoms with Crippen molar-refractivity contribution in [3.8, 4) is 5.69 Å². The van der Waals surface area contributed by atoms with Gasteiger partial charge in [-0.25, -0.2) is 9.48 Å². The van der Waals surface area contributed by atoms with Gasteiger partial charge in [-0.2, -0.15) is 5.10 Å². The molecule has 6 heteroatoms. The summed E-state index contributed by atoms with van der Waals surface area (Å²) >= 11 is 0. The quantitative estimate of drug-likeness (QED) is 0.590. The highest BCUT2D eigenvalue weighted by atomic mass is 16.5. The fourth-order valence-electron chi connectivity index (χ4n) is 2.71. The van der Waals surface area contributed by atoms with E-state index in [2.05, 4.69) is 15.7 Å². The summed E-state index contributed by atoms with van der Waals surface area (Å²) in [5, 5.41) is 9.94. The Bertz CT molecular complexity index is 834. The lowest BCUT2D eigenvalue weighted by molar-refractivity contribution is 0.0644. The zero-order chi connectivity index (χ0) is 18.9. The van der Waals surface area contributed by atoms with E-state index in [1.165, 1.54) is 0 Å². The molecule has 0 saturated heterocycles. The molecule has 0 unspecified atom stereocenters. The average molecular weight is 364 g/mol. The van der Waals surface area contributed by atoms with Crippen molar-refractivity contribution in [2.75, 3.05) is 18.5 Å². The third-order valence-corrected chi connectivity index (χ3v) is 4.15. The standard InChI is InChI=1S/C21H24N4O2/c1-17(18-9-3-2-4-10-18)27-16-8-13-22-21(26)24-19-11-5-6-12-20(19)25-15-7-14-23-25/h2-7,9-12,14-15,17H,8,13,16H2,1H3,(H2,22,24,26)/t17-/m0/s1. The Kier molecular flexibility index (Phi) is 6.60. The van der Waals surface area contributed by atoms with Crippen LogP contribution in [0.4, 0.5) is 10.5 Å². The molecule has 1 aromatic heterocycles. The van der Waals surface area contributed by atoms with Gasteiger partial charge in [-0.05, 0) is 37.1 Å². The monoisotopic (exact) mass is 364 g/mol. The molecule has 6 nitrogen and oxygen atoms in total. The van der Waals surface area contributed by atoms with Crippen LogP contribution < -0.4 is 10.6 Å². The highest BCUT2D eigenvalue weighted by Crippen LogP contribution is 2.19. The first-order valence-corrected chi connectivity index (χ1v) is 9.04. The lowest BCUT2D eigenvalue weighted by Crippen LogP contribution is -2.30. The molecule has 1 atom stereocenters. The number of hydrogen-bond donors (Lipinski definition) is 2. The Labute approximate surface area is 159 Å². The second-order valence-corrected chi connectivity index (χ2v) is 6.13. The maximum absolute atomic E-state index is 12.2. The lowest BCUT2D eigenvalue weighted by Gasteiger charge is -2.14. The Morgan fingerprint density at radius 3 is 2.67 bits per heavy atom. The fourth-order valence-corrected chi connectivity index (χ4v) is 2.71. The summed E-state index contributed by atoms with van der Waals surface area (Å²) in [5.74, 6) is 0. The van der Waals surface area contributed by atoms with Gasteiger partial charge in [0.1, 0.15) is 0 Å². The number of hydrogen-bond acceptors (Lipinski definition) is 3. The van der Waals surface area contributed by atoms with E-state index in [4.69, 9.17) is 4.74 Å². The topological polar surface area (TPSA) is 68.2 Å². The minimum Gasteiger partial charge on any atom is -0.374 e. The van der Waals surface area contributed by atoms with Gasteiger partial charge < -0.3 is 15.4 Å². The SMILES string of the molecule is C[C@H](OCCCNC(=O)Nc1ccccc1-n1cccn1)c1ccccc1. The number of anilines is 1. The summed E-state index contributed by atoms with van der Waals surface area (Å²) in [6.45, 7) is 3.15. The van der Waals surface area contributed by atoms with Crippen LogP contribution >= 0.6 is 0 Å². The van der Waals surface area contributed by atoms with E-state index in [0.717, 1.165) is 17.7 Å². The summed E-state index contributed by atoms with van der Waals surface area (Å²) in [4.78, 5) is 12.2. The second kappa shape index (κ2) is 9.54. The largest absolute Gasteiger partial charge is 0.374 e. The van der Waals surface area contributed by atoms with Crippen molar-refractivity contribution in [2.45, 2.75) is 19.4 Å². The number of para-hydroxylation sites is 2.